The van der Waals surface area contributed by atoms with Crippen LogP contribution in [0.1, 0.15) is 11.1 Å². The molecule has 2 heterocycles. The summed E-state index contributed by atoms with van der Waals surface area (Å²) in [5.41, 5.74) is 4.90. The number of rotatable bonds is 8. The SMILES string of the molecule is COc1ccc(-c2nn(-c3ccccc3)cc2CN(C)CC(=O)Nc2ccc(C)cn2)cc1. The van der Waals surface area contributed by atoms with E-state index in [1.165, 1.54) is 0 Å². The number of hydrogen-bond acceptors (Lipinski definition) is 5. The van der Waals surface area contributed by atoms with E-state index >= 15 is 0 Å². The van der Waals surface area contributed by atoms with E-state index in [1.807, 2.05) is 90.4 Å². The van der Waals surface area contributed by atoms with Crippen LogP contribution in [-0.4, -0.2) is 46.3 Å². The Labute approximate surface area is 193 Å². The molecule has 33 heavy (non-hydrogen) atoms. The maximum absolute atomic E-state index is 12.5. The van der Waals surface area contributed by atoms with Crippen molar-refractivity contribution in [2.24, 2.45) is 0 Å². The summed E-state index contributed by atoms with van der Waals surface area (Å²) in [7, 11) is 3.57. The second-order valence-electron chi connectivity index (χ2n) is 7.95. The fourth-order valence-corrected chi connectivity index (χ4v) is 3.55. The quantitative estimate of drug-likeness (QED) is 0.441. The summed E-state index contributed by atoms with van der Waals surface area (Å²) in [6, 6.07) is 21.5. The highest BCUT2D eigenvalue weighted by molar-refractivity contribution is 5.91. The van der Waals surface area contributed by atoms with Crippen LogP contribution in [0.5, 0.6) is 5.75 Å². The molecule has 7 nitrogen and oxygen atoms in total. The topological polar surface area (TPSA) is 72.3 Å². The third-order valence-electron chi connectivity index (χ3n) is 5.21. The van der Waals surface area contributed by atoms with Gasteiger partial charge in [0, 0.05) is 30.1 Å². The normalized spacial score (nSPS) is 10.9. The van der Waals surface area contributed by atoms with Crippen molar-refractivity contribution in [3.63, 3.8) is 0 Å². The van der Waals surface area contributed by atoms with Crippen molar-refractivity contribution in [3.05, 3.63) is 90.3 Å². The summed E-state index contributed by atoms with van der Waals surface area (Å²) in [5, 5.41) is 7.70. The molecule has 4 aromatic rings. The Kier molecular flexibility index (Phi) is 6.80. The highest BCUT2D eigenvalue weighted by Crippen LogP contribution is 2.26. The van der Waals surface area contributed by atoms with Gasteiger partial charge in [-0.3, -0.25) is 9.69 Å². The van der Waals surface area contributed by atoms with Gasteiger partial charge >= 0.3 is 0 Å². The van der Waals surface area contributed by atoms with Crippen molar-refractivity contribution in [2.45, 2.75) is 13.5 Å². The summed E-state index contributed by atoms with van der Waals surface area (Å²) >= 11 is 0. The van der Waals surface area contributed by atoms with Gasteiger partial charge in [-0.25, -0.2) is 9.67 Å². The first-order valence-electron chi connectivity index (χ1n) is 10.7. The van der Waals surface area contributed by atoms with Gasteiger partial charge < -0.3 is 10.1 Å². The number of pyridine rings is 1. The molecule has 0 fully saturated rings. The minimum absolute atomic E-state index is 0.115. The van der Waals surface area contributed by atoms with E-state index in [0.29, 0.717) is 12.4 Å². The predicted octanol–water partition coefficient (Wildman–Crippen LogP) is 4.32. The molecule has 168 valence electrons. The Bertz CT molecular complexity index is 1200. The molecular formula is C26H27N5O2. The van der Waals surface area contributed by atoms with Gasteiger partial charge in [0.05, 0.1) is 25.0 Å². The van der Waals surface area contributed by atoms with Gasteiger partial charge in [0.25, 0.3) is 0 Å². The largest absolute Gasteiger partial charge is 0.497 e. The standard InChI is InChI=1S/C26H27N5O2/c1-19-9-14-24(27-15-19)28-25(32)18-30(2)16-21-17-31(22-7-5-4-6-8-22)29-26(21)20-10-12-23(33-3)13-11-20/h4-15,17H,16,18H2,1-3H3,(H,27,28,32). The Morgan fingerprint density at radius 3 is 2.48 bits per heavy atom. The molecule has 0 aliphatic heterocycles. The van der Waals surface area contributed by atoms with Crippen molar-refractivity contribution >= 4 is 11.7 Å². The molecule has 0 radical (unpaired) electrons. The van der Waals surface area contributed by atoms with Gasteiger partial charge in [-0.15, -0.1) is 0 Å². The van der Waals surface area contributed by atoms with Gasteiger partial charge in [-0.1, -0.05) is 24.3 Å². The number of methoxy groups -OCH3 is 1. The number of aryl methyl sites for hydroxylation is 1. The molecule has 2 aromatic heterocycles. The molecule has 1 amide bonds. The number of ether oxygens (including phenoxy) is 1. The number of benzene rings is 2. The van der Waals surface area contributed by atoms with Crippen molar-refractivity contribution < 1.29 is 9.53 Å². The second-order valence-corrected chi connectivity index (χ2v) is 7.95. The van der Waals surface area contributed by atoms with E-state index in [9.17, 15) is 4.79 Å². The van der Waals surface area contributed by atoms with Crippen LogP contribution in [0.15, 0.2) is 79.1 Å². The van der Waals surface area contributed by atoms with Crippen LogP contribution in [0.2, 0.25) is 0 Å². The Morgan fingerprint density at radius 2 is 1.82 bits per heavy atom. The Hall–Kier alpha value is -3.97. The maximum atomic E-state index is 12.5. The van der Waals surface area contributed by atoms with Crippen LogP contribution in [0, 0.1) is 6.92 Å². The fourth-order valence-electron chi connectivity index (χ4n) is 3.55. The van der Waals surface area contributed by atoms with Crippen LogP contribution in [0.25, 0.3) is 16.9 Å². The van der Waals surface area contributed by atoms with E-state index in [2.05, 4.69) is 10.3 Å². The number of nitrogens with one attached hydrogen (secondary N) is 1. The van der Waals surface area contributed by atoms with Crippen LogP contribution in [0.3, 0.4) is 0 Å². The molecule has 0 spiro atoms. The molecular weight excluding hydrogens is 414 g/mol. The summed E-state index contributed by atoms with van der Waals surface area (Å²) in [6.45, 7) is 2.75. The zero-order chi connectivity index (χ0) is 23.2. The van der Waals surface area contributed by atoms with Crippen molar-refractivity contribution in [1.29, 1.82) is 0 Å². The monoisotopic (exact) mass is 441 g/mol. The zero-order valence-corrected chi connectivity index (χ0v) is 19.0. The molecule has 4 rings (SSSR count). The van der Waals surface area contributed by atoms with Crippen molar-refractivity contribution in [3.8, 4) is 22.7 Å². The number of carbonyl (C=O) groups excluding carboxylic acids is 1. The van der Waals surface area contributed by atoms with E-state index in [0.717, 1.165) is 33.8 Å². The molecule has 0 saturated heterocycles. The molecule has 0 bridgehead atoms. The molecule has 0 atom stereocenters. The first kappa shape index (κ1) is 22.2. The first-order chi connectivity index (χ1) is 16.0. The van der Waals surface area contributed by atoms with Gasteiger partial charge in [0.1, 0.15) is 11.6 Å². The molecule has 0 aliphatic rings. The van der Waals surface area contributed by atoms with Crippen molar-refractivity contribution in [2.75, 3.05) is 26.0 Å². The fraction of sp³-hybridized carbons (Fsp3) is 0.192. The minimum atomic E-state index is -0.115. The third kappa shape index (κ3) is 5.64. The Balaban J connectivity index is 1.53. The van der Waals surface area contributed by atoms with E-state index in [1.54, 1.807) is 19.4 Å². The molecule has 2 aromatic carbocycles. The number of amides is 1. The lowest BCUT2D eigenvalue weighted by molar-refractivity contribution is -0.117. The third-order valence-corrected chi connectivity index (χ3v) is 5.21. The average molecular weight is 442 g/mol. The van der Waals surface area contributed by atoms with Gasteiger partial charge in [0.15, 0.2) is 0 Å². The van der Waals surface area contributed by atoms with E-state index in [-0.39, 0.29) is 12.5 Å². The van der Waals surface area contributed by atoms with Crippen LogP contribution >= 0.6 is 0 Å². The minimum Gasteiger partial charge on any atom is -0.497 e. The molecule has 0 saturated carbocycles. The smallest absolute Gasteiger partial charge is 0.239 e. The average Bonchev–Trinajstić information content (AvgIpc) is 3.24. The van der Waals surface area contributed by atoms with E-state index in [4.69, 9.17) is 9.84 Å². The lowest BCUT2D eigenvalue weighted by atomic mass is 10.1. The molecule has 0 aliphatic carbocycles. The number of carbonyl (C=O) groups is 1. The number of nitrogens with zero attached hydrogens (tertiary/aromatic N) is 4. The lowest BCUT2D eigenvalue weighted by Gasteiger charge is -2.16. The summed E-state index contributed by atoms with van der Waals surface area (Å²) in [6.07, 6.45) is 3.75. The van der Waals surface area contributed by atoms with Gasteiger partial charge in [-0.2, -0.15) is 5.10 Å². The first-order valence-corrected chi connectivity index (χ1v) is 10.7. The van der Waals surface area contributed by atoms with Crippen molar-refractivity contribution in [1.82, 2.24) is 19.7 Å². The highest BCUT2D eigenvalue weighted by Gasteiger charge is 2.16. The highest BCUT2D eigenvalue weighted by atomic mass is 16.5. The van der Waals surface area contributed by atoms with Gasteiger partial charge in [0.2, 0.25) is 5.91 Å². The number of likely N-dealkylation sites (N-methyl/N-ethyl adjacent to an activating group) is 1. The molecule has 7 heteroatoms. The summed E-state index contributed by atoms with van der Waals surface area (Å²) in [5.74, 6) is 1.23. The zero-order valence-electron chi connectivity index (χ0n) is 19.0. The number of hydrogen-bond donors (Lipinski definition) is 1. The van der Waals surface area contributed by atoms with Crippen LogP contribution < -0.4 is 10.1 Å². The maximum Gasteiger partial charge on any atom is 0.239 e. The number of aromatic nitrogens is 3. The van der Waals surface area contributed by atoms with Gasteiger partial charge in [-0.05, 0) is 62.0 Å². The van der Waals surface area contributed by atoms with E-state index < -0.39 is 0 Å². The molecule has 1 N–H and O–H groups in total. The summed E-state index contributed by atoms with van der Waals surface area (Å²) < 4.78 is 7.16. The molecule has 0 unspecified atom stereocenters. The second kappa shape index (κ2) is 10.1. The predicted molar refractivity (Wildman–Crippen MR) is 129 cm³/mol. The van der Waals surface area contributed by atoms with Crippen LogP contribution in [0.4, 0.5) is 5.82 Å². The van der Waals surface area contributed by atoms with Crippen LogP contribution in [-0.2, 0) is 11.3 Å². The summed E-state index contributed by atoms with van der Waals surface area (Å²) in [4.78, 5) is 18.7. The number of para-hydroxylation sites is 1. The number of anilines is 1. The lowest BCUT2D eigenvalue weighted by Crippen LogP contribution is -2.30. The Morgan fingerprint density at radius 1 is 1.06 bits per heavy atom.